The average molecular weight is 368 g/mol. The van der Waals surface area contributed by atoms with Crippen molar-refractivity contribution in [2.75, 3.05) is 19.7 Å². The highest BCUT2D eigenvalue weighted by atomic mass is 32.1. The van der Waals surface area contributed by atoms with Crippen molar-refractivity contribution in [2.24, 2.45) is 11.8 Å². The molecule has 2 aliphatic rings. The smallest absolute Gasteiger partial charge is 0.104 e. The maximum Gasteiger partial charge on any atom is 0.104 e. The number of benzene rings is 1. The van der Waals surface area contributed by atoms with Crippen LogP contribution in [0, 0.1) is 23.7 Å². The molecule has 2 aromatic rings. The van der Waals surface area contributed by atoms with Crippen LogP contribution >= 0.6 is 11.3 Å². The molecule has 3 atom stereocenters. The summed E-state index contributed by atoms with van der Waals surface area (Å²) in [6, 6.07) is 12.4. The molecular formula is C22H25NO2S. The lowest BCUT2D eigenvalue weighted by Gasteiger charge is -2.41. The number of likely N-dealkylation sites (tertiary alicyclic amines) is 1. The van der Waals surface area contributed by atoms with E-state index in [-0.39, 0.29) is 6.61 Å². The lowest BCUT2D eigenvalue weighted by molar-refractivity contribution is -0.0648. The van der Waals surface area contributed by atoms with Crippen molar-refractivity contribution >= 4 is 11.3 Å². The number of aliphatic hydroxyl groups excluding tert-OH is 1. The Labute approximate surface area is 159 Å². The van der Waals surface area contributed by atoms with Gasteiger partial charge in [0.2, 0.25) is 0 Å². The molecule has 0 amide bonds. The van der Waals surface area contributed by atoms with Gasteiger partial charge in [0.15, 0.2) is 0 Å². The minimum absolute atomic E-state index is 0.0985. The zero-order valence-corrected chi connectivity index (χ0v) is 15.7. The van der Waals surface area contributed by atoms with Crippen molar-refractivity contribution in [3.05, 3.63) is 57.8 Å². The summed E-state index contributed by atoms with van der Waals surface area (Å²) in [6.45, 7) is 2.84. The molecule has 0 unspecified atom stereocenters. The highest BCUT2D eigenvalue weighted by molar-refractivity contribution is 7.10. The largest absolute Gasteiger partial charge is 0.385 e. The van der Waals surface area contributed by atoms with Gasteiger partial charge in [0.1, 0.15) is 6.61 Å². The molecule has 1 saturated heterocycles. The molecule has 4 rings (SSSR count). The Bertz CT molecular complexity index is 806. The van der Waals surface area contributed by atoms with E-state index >= 15 is 0 Å². The van der Waals surface area contributed by atoms with Gasteiger partial charge in [-0.05, 0) is 36.8 Å². The minimum atomic E-state index is -0.688. The third-order valence-corrected chi connectivity index (χ3v) is 6.80. The summed E-state index contributed by atoms with van der Waals surface area (Å²) in [5.74, 6) is 6.57. The van der Waals surface area contributed by atoms with Crippen molar-refractivity contribution in [1.29, 1.82) is 0 Å². The van der Waals surface area contributed by atoms with E-state index in [0.29, 0.717) is 11.8 Å². The highest BCUT2D eigenvalue weighted by Gasteiger charge is 2.49. The number of fused-ring (bicyclic) bond motifs is 1. The summed E-state index contributed by atoms with van der Waals surface area (Å²) in [5.41, 5.74) is 1.37. The molecule has 1 aromatic carbocycles. The third-order valence-electron chi connectivity index (χ3n) is 5.88. The lowest BCUT2D eigenvalue weighted by atomic mass is 9.67. The van der Waals surface area contributed by atoms with Crippen LogP contribution in [0.15, 0.2) is 41.8 Å². The van der Waals surface area contributed by atoms with Gasteiger partial charge in [0.25, 0.3) is 0 Å². The van der Waals surface area contributed by atoms with Crippen molar-refractivity contribution in [3.8, 4) is 11.8 Å². The van der Waals surface area contributed by atoms with Crippen LogP contribution in [0.5, 0.6) is 0 Å². The number of nitrogens with zero attached hydrogens (tertiary/aromatic N) is 1. The standard InChI is InChI=1S/C22H25NO2S/c24-11-5-6-17-12-20(26-16-17)14-23-13-18-7-4-10-22(25,21(18)15-23)19-8-2-1-3-9-19/h1-3,8-9,12,16,18,21,24-25H,4,7,10-11,13-15H2/t18-,21+,22+/m1/s1. The quantitative estimate of drug-likeness (QED) is 0.819. The second-order valence-electron chi connectivity index (χ2n) is 7.50. The molecule has 1 aliphatic heterocycles. The number of hydrogen-bond acceptors (Lipinski definition) is 4. The van der Waals surface area contributed by atoms with Gasteiger partial charge in [0.05, 0.1) is 5.60 Å². The maximum atomic E-state index is 11.5. The van der Waals surface area contributed by atoms with Crippen LogP contribution in [0.4, 0.5) is 0 Å². The number of hydrogen-bond donors (Lipinski definition) is 2. The molecular weight excluding hydrogens is 342 g/mol. The summed E-state index contributed by atoms with van der Waals surface area (Å²) >= 11 is 1.73. The van der Waals surface area contributed by atoms with Gasteiger partial charge in [0, 0.05) is 41.4 Å². The Morgan fingerprint density at radius 2 is 2.08 bits per heavy atom. The van der Waals surface area contributed by atoms with Gasteiger partial charge >= 0.3 is 0 Å². The molecule has 26 heavy (non-hydrogen) atoms. The fraction of sp³-hybridized carbons (Fsp3) is 0.455. The zero-order valence-electron chi connectivity index (χ0n) is 14.9. The van der Waals surface area contributed by atoms with Crippen LogP contribution in [-0.2, 0) is 12.1 Å². The van der Waals surface area contributed by atoms with E-state index in [2.05, 4.69) is 40.3 Å². The normalized spacial score (nSPS) is 28.4. The van der Waals surface area contributed by atoms with E-state index in [1.54, 1.807) is 11.3 Å². The molecule has 0 radical (unpaired) electrons. The maximum absolute atomic E-state index is 11.5. The topological polar surface area (TPSA) is 43.7 Å². The number of rotatable bonds is 3. The summed E-state index contributed by atoms with van der Waals surface area (Å²) in [7, 11) is 0. The molecule has 2 N–H and O–H groups in total. The summed E-state index contributed by atoms with van der Waals surface area (Å²) in [4.78, 5) is 3.79. The van der Waals surface area contributed by atoms with E-state index in [9.17, 15) is 5.11 Å². The van der Waals surface area contributed by atoms with Crippen molar-refractivity contribution in [1.82, 2.24) is 4.90 Å². The molecule has 1 aliphatic carbocycles. The Kier molecular flexibility index (Phi) is 5.15. The third kappa shape index (κ3) is 3.45. The second kappa shape index (κ2) is 7.54. The molecule has 2 fully saturated rings. The molecule has 136 valence electrons. The van der Waals surface area contributed by atoms with E-state index in [0.717, 1.165) is 43.6 Å². The van der Waals surface area contributed by atoms with E-state index in [4.69, 9.17) is 5.11 Å². The molecule has 0 spiro atoms. The Morgan fingerprint density at radius 3 is 2.88 bits per heavy atom. The number of thiophene rings is 1. The summed E-state index contributed by atoms with van der Waals surface area (Å²) in [6.07, 6.45) is 3.18. The summed E-state index contributed by atoms with van der Waals surface area (Å²) in [5, 5.41) is 22.4. The fourth-order valence-electron chi connectivity index (χ4n) is 4.72. The molecule has 1 saturated carbocycles. The first-order valence-corrected chi connectivity index (χ1v) is 10.2. The fourth-order valence-corrected chi connectivity index (χ4v) is 5.58. The van der Waals surface area contributed by atoms with Crippen molar-refractivity contribution in [3.63, 3.8) is 0 Å². The summed E-state index contributed by atoms with van der Waals surface area (Å²) < 4.78 is 0. The van der Waals surface area contributed by atoms with Gasteiger partial charge in [-0.2, -0.15) is 0 Å². The number of aliphatic hydroxyl groups is 2. The van der Waals surface area contributed by atoms with Gasteiger partial charge < -0.3 is 10.2 Å². The Balaban J connectivity index is 1.48. The SMILES string of the molecule is OCC#Cc1csc(CN2C[C@H]3CCC[C@](O)(c4ccccc4)[C@H]3C2)c1. The monoisotopic (exact) mass is 367 g/mol. The molecule has 1 aromatic heterocycles. The van der Waals surface area contributed by atoms with Crippen LogP contribution in [-0.4, -0.2) is 34.8 Å². The Hall–Kier alpha value is -1.64. The van der Waals surface area contributed by atoms with Crippen LogP contribution in [0.3, 0.4) is 0 Å². The van der Waals surface area contributed by atoms with Gasteiger partial charge in [-0.1, -0.05) is 42.2 Å². The molecule has 3 nitrogen and oxygen atoms in total. The van der Waals surface area contributed by atoms with Crippen LogP contribution in [0.25, 0.3) is 0 Å². The van der Waals surface area contributed by atoms with Crippen molar-refractivity contribution in [2.45, 2.75) is 31.4 Å². The first kappa shape index (κ1) is 17.8. The highest BCUT2D eigenvalue weighted by Crippen LogP contribution is 2.48. The van der Waals surface area contributed by atoms with E-state index < -0.39 is 5.60 Å². The van der Waals surface area contributed by atoms with Gasteiger partial charge in [-0.15, -0.1) is 11.3 Å². The van der Waals surface area contributed by atoms with E-state index in [1.807, 2.05) is 18.2 Å². The van der Waals surface area contributed by atoms with Gasteiger partial charge in [-0.3, -0.25) is 4.90 Å². The minimum Gasteiger partial charge on any atom is -0.385 e. The van der Waals surface area contributed by atoms with E-state index in [1.165, 1.54) is 11.3 Å². The molecule has 4 heteroatoms. The Morgan fingerprint density at radius 1 is 1.23 bits per heavy atom. The average Bonchev–Trinajstić information content (AvgIpc) is 3.28. The zero-order chi connectivity index (χ0) is 18.0. The molecule has 0 bridgehead atoms. The lowest BCUT2D eigenvalue weighted by Crippen LogP contribution is -2.42. The van der Waals surface area contributed by atoms with Crippen LogP contribution in [0.2, 0.25) is 0 Å². The van der Waals surface area contributed by atoms with Crippen LogP contribution in [0.1, 0.15) is 35.3 Å². The first-order valence-electron chi connectivity index (χ1n) is 9.36. The second-order valence-corrected chi connectivity index (χ2v) is 8.50. The predicted octanol–water partition coefficient (Wildman–Crippen LogP) is 3.21. The first-order chi connectivity index (χ1) is 12.7. The molecule has 2 heterocycles. The van der Waals surface area contributed by atoms with Crippen molar-refractivity contribution < 1.29 is 10.2 Å². The van der Waals surface area contributed by atoms with Crippen LogP contribution < -0.4 is 0 Å². The predicted molar refractivity (Wildman–Crippen MR) is 105 cm³/mol. The van der Waals surface area contributed by atoms with Gasteiger partial charge in [-0.25, -0.2) is 0 Å².